The van der Waals surface area contributed by atoms with E-state index in [1.807, 2.05) is 0 Å². The molecule has 5 atom stereocenters. The molecule has 2 heteroatoms. The topological polar surface area (TPSA) is 37.3 Å². The molecule has 2 nitrogen and oxygen atoms in total. The SMILES string of the molecule is CC[C@@]1(C)CC=C2[C@@H](CC[C@@H]3[C@](C)(CC(=O)O)CCC[C@@]23C)C1. The maximum Gasteiger partial charge on any atom is 0.303 e. The Bertz CT molecular complexity index is 522. The molecule has 0 aromatic carbocycles. The van der Waals surface area contributed by atoms with Gasteiger partial charge in [0.1, 0.15) is 0 Å². The van der Waals surface area contributed by atoms with E-state index in [-0.39, 0.29) is 10.8 Å². The Kier molecular flexibility index (Phi) is 4.18. The van der Waals surface area contributed by atoms with Crippen LogP contribution in [0.4, 0.5) is 0 Å². The summed E-state index contributed by atoms with van der Waals surface area (Å²) in [5.74, 6) is 0.686. The van der Waals surface area contributed by atoms with Crippen molar-refractivity contribution in [2.45, 2.75) is 85.5 Å². The summed E-state index contributed by atoms with van der Waals surface area (Å²) < 4.78 is 0. The van der Waals surface area contributed by atoms with Crippen molar-refractivity contribution >= 4 is 5.97 Å². The average molecular weight is 319 g/mol. The molecule has 0 heterocycles. The fourth-order valence-electron chi connectivity index (χ4n) is 6.47. The van der Waals surface area contributed by atoms with Crippen molar-refractivity contribution in [2.75, 3.05) is 0 Å². The van der Waals surface area contributed by atoms with Crippen LogP contribution in [-0.2, 0) is 4.79 Å². The molecular formula is C21H34O2. The molecule has 0 unspecified atom stereocenters. The largest absolute Gasteiger partial charge is 0.481 e. The zero-order valence-corrected chi connectivity index (χ0v) is 15.5. The molecule has 3 aliphatic carbocycles. The third kappa shape index (κ3) is 2.76. The summed E-state index contributed by atoms with van der Waals surface area (Å²) in [6.07, 6.45) is 12.8. The zero-order valence-electron chi connectivity index (χ0n) is 15.5. The number of hydrogen-bond acceptors (Lipinski definition) is 1. The van der Waals surface area contributed by atoms with Crippen LogP contribution in [-0.4, -0.2) is 11.1 Å². The number of carboxylic acids is 1. The highest BCUT2D eigenvalue weighted by Gasteiger charge is 2.55. The van der Waals surface area contributed by atoms with E-state index in [4.69, 9.17) is 0 Å². The highest BCUT2D eigenvalue weighted by atomic mass is 16.4. The lowest BCUT2D eigenvalue weighted by molar-refractivity contribution is -0.143. The van der Waals surface area contributed by atoms with Gasteiger partial charge in [-0.05, 0) is 66.6 Å². The average Bonchev–Trinajstić information content (AvgIpc) is 2.45. The predicted octanol–water partition coefficient (Wildman–Crippen LogP) is 5.82. The van der Waals surface area contributed by atoms with Crippen LogP contribution in [0.15, 0.2) is 11.6 Å². The van der Waals surface area contributed by atoms with E-state index in [0.717, 1.165) is 12.3 Å². The van der Waals surface area contributed by atoms with Crippen LogP contribution in [0.5, 0.6) is 0 Å². The maximum absolute atomic E-state index is 11.4. The van der Waals surface area contributed by atoms with Crippen molar-refractivity contribution in [3.63, 3.8) is 0 Å². The van der Waals surface area contributed by atoms with Crippen LogP contribution >= 0.6 is 0 Å². The van der Waals surface area contributed by atoms with Crippen molar-refractivity contribution < 1.29 is 9.90 Å². The number of rotatable bonds is 3. The molecule has 0 aromatic rings. The molecule has 0 bridgehead atoms. The molecule has 1 N–H and O–H groups in total. The van der Waals surface area contributed by atoms with Gasteiger partial charge in [0.25, 0.3) is 0 Å². The highest BCUT2D eigenvalue weighted by Crippen LogP contribution is 2.64. The number of aliphatic carboxylic acids is 1. The summed E-state index contributed by atoms with van der Waals surface area (Å²) >= 11 is 0. The lowest BCUT2D eigenvalue weighted by atomic mass is 9.45. The molecule has 0 radical (unpaired) electrons. The first-order valence-electron chi connectivity index (χ1n) is 9.65. The summed E-state index contributed by atoms with van der Waals surface area (Å²) in [6.45, 7) is 9.49. The number of carbonyl (C=O) groups is 1. The lowest BCUT2D eigenvalue weighted by Gasteiger charge is -2.59. The minimum atomic E-state index is -0.616. The summed E-state index contributed by atoms with van der Waals surface area (Å²) in [5, 5.41) is 9.42. The molecule has 0 spiro atoms. The van der Waals surface area contributed by atoms with Gasteiger partial charge in [0, 0.05) is 0 Å². The van der Waals surface area contributed by atoms with Crippen LogP contribution in [0.2, 0.25) is 0 Å². The molecule has 0 amide bonds. The third-order valence-electron chi connectivity index (χ3n) is 7.92. The lowest BCUT2D eigenvalue weighted by Crippen LogP contribution is -2.50. The quantitative estimate of drug-likeness (QED) is 0.666. The van der Waals surface area contributed by atoms with Crippen molar-refractivity contribution in [3.8, 4) is 0 Å². The van der Waals surface area contributed by atoms with E-state index in [9.17, 15) is 9.90 Å². The summed E-state index contributed by atoms with van der Waals surface area (Å²) in [7, 11) is 0. The molecule has 3 aliphatic rings. The Morgan fingerprint density at radius 1 is 1.26 bits per heavy atom. The van der Waals surface area contributed by atoms with Gasteiger partial charge in [0.2, 0.25) is 0 Å². The van der Waals surface area contributed by atoms with Gasteiger partial charge in [-0.15, -0.1) is 0 Å². The first-order chi connectivity index (χ1) is 10.7. The fourth-order valence-corrected chi connectivity index (χ4v) is 6.47. The van der Waals surface area contributed by atoms with Crippen LogP contribution < -0.4 is 0 Å². The van der Waals surface area contributed by atoms with Gasteiger partial charge >= 0.3 is 5.97 Å². The first-order valence-corrected chi connectivity index (χ1v) is 9.65. The number of hydrogen-bond donors (Lipinski definition) is 1. The fraction of sp³-hybridized carbons (Fsp3) is 0.857. The summed E-state index contributed by atoms with van der Waals surface area (Å²) in [6, 6.07) is 0. The summed E-state index contributed by atoms with van der Waals surface area (Å²) in [5.41, 5.74) is 2.42. The second-order valence-corrected chi connectivity index (χ2v) is 9.55. The molecule has 2 saturated carbocycles. The summed E-state index contributed by atoms with van der Waals surface area (Å²) in [4.78, 5) is 11.4. The van der Waals surface area contributed by atoms with Gasteiger partial charge in [-0.1, -0.05) is 52.2 Å². The molecule has 23 heavy (non-hydrogen) atoms. The van der Waals surface area contributed by atoms with Crippen LogP contribution in [0.25, 0.3) is 0 Å². The minimum Gasteiger partial charge on any atom is -0.481 e. The van der Waals surface area contributed by atoms with Crippen molar-refractivity contribution in [2.24, 2.45) is 28.1 Å². The Morgan fingerprint density at radius 2 is 2.00 bits per heavy atom. The molecular weight excluding hydrogens is 284 g/mol. The Balaban J connectivity index is 1.93. The molecule has 130 valence electrons. The Labute approximate surface area is 141 Å². The van der Waals surface area contributed by atoms with Crippen LogP contribution in [0, 0.1) is 28.1 Å². The van der Waals surface area contributed by atoms with E-state index >= 15 is 0 Å². The maximum atomic E-state index is 11.4. The van der Waals surface area contributed by atoms with Gasteiger partial charge in [-0.25, -0.2) is 0 Å². The Morgan fingerprint density at radius 3 is 2.65 bits per heavy atom. The molecule has 0 aromatic heterocycles. The van der Waals surface area contributed by atoms with Gasteiger partial charge < -0.3 is 5.11 Å². The minimum absolute atomic E-state index is 0.0177. The van der Waals surface area contributed by atoms with Crippen molar-refractivity contribution in [1.82, 2.24) is 0 Å². The van der Waals surface area contributed by atoms with E-state index in [0.29, 0.717) is 17.8 Å². The van der Waals surface area contributed by atoms with Crippen molar-refractivity contribution in [1.29, 1.82) is 0 Å². The second-order valence-electron chi connectivity index (χ2n) is 9.55. The van der Waals surface area contributed by atoms with E-state index in [1.165, 1.54) is 44.9 Å². The predicted molar refractivity (Wildman–Crippen MR) is 94.2 cm³/mol. The van der Waals surface area contributed by atoms with Gasteiger partial charge in [-0.3, -0.25) is 4.79 Å². The van der Waals surface area contributed by atoms with Gasteiger partial charge in [-0.2, -0.15) is 0 Å². The van der Waals surface area contributed by atoms with E-state index in [2.05, 4.69) is 33.8 Å². The molecule has 0 saturated heterocycles. The second kappa shape index (κ2) is 5.63. The zero-order chi connectivity index (χ0) is 16.9. The standard InChI is InChI=1S/C21H34O2/c1-5-19(2)12-9-16-15(13-19)7-8-17-20(3,14-18(22)23)10-6-11-21(16,17)4/h9,15,17H,5-8,10-14H2,1-4H3,(H,22,23)/t15-,17+,19-,20-,21-/m0/s1. The third-order valence-corrected chi connectivity index (χ3v) is 7.92. The van der Waals surface area contributed by atoms with Gasteiger partial charge in [0.15, 0.2) is 0 Å². The molecule has 3 rings (SSSR count). The Hall–Kier alpha value is -0.790. The molecule has 2 fully saturated rings. The van der Waals surface area contributed by atoms with Gasteiger partial charge in [0.05, 0.1) is 6.42 Å². The smallest absolute Gasteiger partial charge is 0.303 e. The van der Waals surface area contributed by atoms with Crippen LogP contribution in [0.1, 0.15) is 85.5 Å². The normalized spacial score (nSPS) is 46.5. The molecule has 0 aliphatic heterocycles. The van der Waals surface area contributed by atoms with E-state index < -0.39 is 5.97 Å². The van der Waals surface area contributed by atoms with Crippen LogP contribution in [0.3, 0.4) is 0 Å². The highest BCUT2D eigenvalue weighted by molar-refractivity contribution is 5.67. The van der Waals surface area contributed by atoms with E-state index in [1.54, 1.807) is 5.57 Å². The van der Waals surface area contributed by atoms with Crippen molar-refractivity contribution in [3.05, 3.63) is 11.6 Å². The number of allylic oxidation sites excluding steroid dienone is 2. The number of fused-ring (bicyclic) bond motifs is 3. The first kappa shape index (κ1) is 17.0. The monoisotopic (exact) mass is 318 g/mol. The number of carboxylic acid groups (broad SMARTS) is 1.